The van der Waals surface area contributed by atoms with Crippen molar-refractivity contribution in [1.29, 1.82) is 0 Å². The lowest BCUT2D eigenvalue weighted by Gasteiger charge is -2.04. The van der Waals surface area contributed by atoms with Gasteiger partial charge in [-0.1, -0.05) is 29.8 Å². The molecule has 1 N–H and O–H groups in total. The molecular formula is C10H10ClFO2. The fraction of sp³-hybridized carbons (Fsp3) is 0.300. The summed E-state index contributed by atoms with van der Waals surface area (Å²) in [5.41, 5.74) is 0.776. The molecule has 1 aromatic carbocycles. The molecule has 0 aliphatic rings. The van der Waals surface area contributed by atoms with E-state index in [9.17, 15) is 9.18 Å². The Labute approximate surface area is 86.3 Å². The summed E-state index contributed by atoms with van der Waals surface area (Å²) in [5, 5.41) is 8.87. The van der Waals surface area contributed by atoms with Gasteiger partial charge in [-0.3, -0.25) is 0 Å². The minimum absolute atomic E-state index is 0.0426. The predicted molar refractivity (Wildman–Crippen MR) is 52.3 cm³/mol. The molecule has 0 saturated carbocycles. The molecule has 0 spiro atoms. The Hall–Kier alpha value is -1.09. The van der Waals surface area contributed by atoms with E-state index in [1.807, 2.05) is 0 Å². The lowest BCUT2D eigenvalue weighted by molar-refractivity contribution is -0.142. The Morgan fingerprint density at radius 2 is 2.14 bits per heavy atom. The average Bonchev–Trinajstić information content (AvgIpc) is 2.16. The van der Waals surface area contributed by atoms with E-state index in [4.69, 9.17) is 16.7 Å². The molecule has 1 unspecified atom stereocenters. The number of halogens is 2. The summed E-state index contributed by atoms with van der Waals surface area (Å²) in [5.74, 6) is -1.42. The van der Waals surface area contributed by atoms with Crippen LogP contribution in [0.1, 0.15) is 12.0 Å². The SMILES string of the molecule is O=C(O)C(F)CCc1ccccc1Cl. The van der Waals surface area contributed by atoms with Crippen LogP contribution < -0.4 is 0 Å². The molecular weight excluding hydrogens is 207 g/mol. The molecule has 0 fully saturated rings. The fourth-order valence-electron chi connectivity index (χ4n) is 1.11. The summed E-state index contributed by atoms with van der Waals surface area (Å²) in [6, 6.07) is 7.02. The van der Waals surface area contributed by atoms with Gasteiger partial charge in [0.15, 0.2) is 6.17 Å². The van der Waals surface area contributed by atoms with E-state index in [0.29, 0.717) is 11.4 Å². The highest BCUT2D eigenvalue weighted by molar-refractivity contribution is 6.31. The number of carboxylic acid groups (broad SMARTS) is 1. The molecule has 2 nitrogen and oxygen atoms in total. The summed E-state index contributed by atoms with van der Waals surface area (Å²) >= 11 is 5.82. The maximum Gasteiger partial charge on any atom is 0.338 e. The Bertz CT molecular complexity index is 328. The van der Waals surface area contributed by atoms with Crippen LogP contribution in [0.2, 0.25) is 5.02 Å². The number of hydrogen-bond donors (Lipinski definition) is 1. The van der Waals surface area contributed by atoms with Crippen LogP contribution in [0, 0.1) is 0 Å². The third-order valence-electron chi connectivity index (χ3n) is 1.89. The van der Waals surface area contributed by atoms with Crippen LogP contribution in [0.5, 0.6) is 0 Å². The number of carboxylic acids is 1. The maximum absolute atomic E-state index is 12.7. The molecule has 1 rings (SSSR count). The van der Waals surface area contributed by atoms with Crippen LogP contribution in [-0.2, 0) is 11.2 Å². The topological polar surface area (TPSA) is 37.3 Å². The zero-order valence-electron chi connectivity index (χ0n) is 7.41. The molecule has 0 heterocycles. The van der Waals surface area contributed by atoms with Gasteiger partial charge in [-0.15, -0.1) is 0 Å². The molecule has 0 radical (unpaired) electrons. The highest BCUT2D eigenvalue weighted by Crippen LogP contribution is 2.17. The number of carbonyl (C=O) groups is 1. The van der Waals surface area contributed by atoms with E-state index in [2.05, 4.69) is 0 Å². The minimum Gasteiger partial charge on any atom is -0.479 e. The molecule has 0 bridgehead atoms. The van der Waals surface area contributed by atoms with Crippen LogP contribution in [0.15, 0.2) is 24.3 Å². The van der Waals surface area contributed by atoms with Gasteiger partial charge in [0.25, 0.3) is 0 Å². The molecule has 0 aliphatic carbocycles. The standard InChI is InChI=1S/C10H10ClFO2/c11-8-4-2-1-3-7(8)5-6-9(12)10(13)14/h1-4,9H,5-6H2,(H,13,14). The van der Waals surface area contributed by atoms with Crippen molar-refractivity contribution in [2.24, 2.45) is 0 Å². The first-order valence-electron chi connectivity index (χ1n) is 4.21. The van der Waals surface area contributed by atoms with Crippen molar-refractivity contribution in [3.63, 3.8) is 0 Å². The van der Waals surface area contributed by atoms with Gasteiger partial charge in [0, 0.05) is 5.02 Å². The lowest BCUT2D eigenvalue weighted by Crippen LogP contribution is -2.15. The third-order valence-corrected chi connectivity index (χ3v) is 2.26. The van der Waals surface area contributed by atoms with Gasteiger partial charge in [0.05, 0.1) is 0 Å². The van der Waals surface area contributed by atoms with Crippen LogP contribution in [0.3, 0.4) is 0 Å². The second-order valence-corrected chi connectivity index (χ2v) is 3.34. The normalized spacial score (nSPS) is 12.4. The van der Waals surface area contributed by atoms with Crippen molar-refractivity contribution in [2.45, 2.75) is 19.0 Å². The Morgan fingerprint density at radius 3 is 2.71 bits per heavy atom. The second kappa shape index (κ2) is 4.96. The molecule has 76 valence electrons. The van der Waals surface area contributed by atoms with Crippen molar-refractivity contribution in [3.05, 3.63) is 34.9 Å². The van der Waals surface area contributed by atoms with Crippen molar-refractivity contribution >= 4 is 17.6 Å². The van der Waals surface area contributed by atoms with Crippen LogP contribution in [-0.4, -0.2) is 17.2 Å². The highest BCUT2D eigenvalue weighted by Gasteiger charge is 2.15. The number of aliphatic carboxylic acids is 1. The summed E-state index contributed by atoms with van der Waals surface area (Å²) in [6.45, 7) is 0. The third kappa shape index (κ3) is 3.00. The van der Waals surface area contributed by atoms with Gasteiger partial charge >= 0.3 is 5.97 Å². The number of rotatable bonds is 4. The molecule has 0 amide bonds. The number of hydrogen-bond acceptors (Lipinski definition) is 1. The first-order chi connectivity index (χ1) is 6.61. The summed E-state index contributed by atoms with van der Waals surface area (Å²) in [6.07, 6.45) is -1.52. The van der Waals surface area contributed by atoms with Gasteiger partial charge in [-0.25, -0.2) is 9.18 Å². The van der Waals surface area contributed by atoms with Crippen molar-refractivity contribution in [2.75, 3.05) is 0 Å². The number of aryl methyl sites for hydroxylation is 1. The average molecular weight is 217 g/mol. The van der Waals surface area contributed by atoms with Gasteiger partial charge in [-0.05, 0) is 24.5 Å². The number of benzene rings is 1. The molecule has 0 aliphatic heterocycles. The largest absolute Gasteiger partial charge is 0.479 e. The van der Waals surface area contributed by atoms with Crippen LogP contribution in [0.4, 0.5) is 4.39 Å². The predicted octanol–water partition coefficient (Wildman–Crippen LogP) is 2.70. The van der Waals surface area contributed by atoms with Gasteiger partial charge in [0.2, 0.25) is 0 Å². The van der Waals surface area contributed by atoms with E-state index < -0.39 is 12.1 Å². The first-order valence-corrected chi connectivity index (χ1v) is 4.59. The Balaban J connectivity index is 2.54. The van der Waals surface area contributed by atoms with Crippen molar-refractivity contribution < 1.29 is 14.3 Å². The minimum atomic E-state index is -1.81. The van der Waals surface area contributed by atoms with Crippen molar-refractivity contribution in [1.82, 2.24) is 0 Å². The Kier molecular flexibility index (Phi) is 3.89. The van der Waals surface area contributed by atoms with E-state index >= 15 is 0 Å². The number of alkyl halides is 1. The monoisotopic (exact) mass is 216 g/mol. The quantitative estimate of drug-likeness (QED) is 0.840. The van der Waals surface area contributed by atoms with Crippen LogP contribution >= 0.6 is 11.6 Å². The highest BCUT2D eigenvalue weighted by atomic mass is 35.5. The van der Waals surface area contributed by atoms with Gasteiger partial charge in [0.1, 0.15) is 0 Å². The van der Waals surface area contributed by atoms with Crippen LogP contribution in [0.25, 0.3) is 0 Å². The summed E-state index contributed by atoms with van der Waals surface area (Å²) in [7, 11) is 0. The smallest absolute Gasteiger partial charge is 0.338 e. The van der Waals surface area contributed by atoms with E-state index in [-0.39, 0.29) is 6.42 Å². The molecule has 1 aromatic rings. The maximum atomic E-state index is 12.7. The lowest BCUT2D eigenvalue weighted by atomic mass is 10.1. The molecule has 4 heteroatoms. The fourth-order valence-corrected chi connectivity index (χ4v) is 1.34. The second-order valence-electron chi connectivity index (χ2n) is 2.94. The summed E-state index contributed by atoms with van der Waals surface area (Å²) in [4.78, 5) is 10.2. The molecule has 14 heavy (non-hydrogen) atoms. The molecule has 1 atom stereocenters. The van der Waals surface area contributed by atoms with E-state index in [1.54, 1.807) is 24.3 Å². The zero-order valence-corrected chi connectivity index (χ0v) is 8.17. The molecule has 0 saturated heterocycles. The van der Waals surface area contributed by atoms with E-state index in [0.717, 1.165) is 5.56 Å². The Morgan fingerprint density at radius 1 is 1.50 bits per heavy atom. The first kappa shape index (κ1) is 11.0. The van der Waals surface area contributed by atoms with Gasteiger partial charge in [-0.2, -0.15) is 0 Å². The van der Waals surface area contributed by atoms with E-state index in [1.165, 1.54) is 0 Å². The van der Waals surface area contributed by atoms with Gasteiger partial charge < -0.3 is 5.11 Å². The molecule has 0 aromatic heterocycles. The zero-order chi connectivity index (χ0) is 10.6. The summed E-state index contributed by atoms with van der Waals surface area (Å²) < 4.78 is 12.7. The van der Waals surface area contributed by atoms with Crippen molar-refractivity contribution in [3.8, 4) is 0 Å².